The highest BCUT2D eigenvalue weighted by molar-refractivity contribution is 7.87. The van der Waals surface area contributed by atoms with E-state index in [4.69, 9.17) is 14.3 Å². The van der Waals surface area contributed by atoms with Crippen molar-refractivity contribution in [3.05, 3.63) is 18.3 Å². The van der Waals surface area contributed by atoms with Crippen molar-refractivity contribution in [3.63, 3.8) is 0 Å². The number of pyridine rings is 1. The van der Waals surface area contributed by atoms with Crippen LogP contribution in [0, 0.1) is 0 Å². The first-order chi connectivity index (χ1) is 7.12. The molecule has 3 N–H and O–H groups in total. The normalized spacial score (nSPS) is 12.4. The third-order valence-corrected chi connectivity index (χ3v) is 2.84. The summed E-state index contributed by atoms with van der Waals surface area (Å²) in [6.07, 6.45) is 0.636. The largest absolute Gasteiger partial charge is 0.382 e. The monoisotopic (exact) mass is 270 g/mol. The Morgan fingerprint density at radius 2 is 1.69 bits per heavy atom. The van der Waals surface area contributed by atoms with Crippen LogP contribution in [0.4, 0.5) is 5.69 Å². The van der Waals surface area contributed by atoms with Crippen molar-refractivity contribution in [2.24, 2.45) is 0 Å². The molecule has 1 heterocycles. The number of hydrogen-bond acceptors (Lipinski definition) is 6. The van der Waals surface area contributed by atoms with Crippen molar-refractivity contribution in [1.29, 1.82) is 0 Å². The second-order valence-corrected chi connectivity index (χ2v) is 5.16. The summed E-state index contributed by atoms with van der Waals surface area (Å²) in [7, 11) is -9.37. The van der Waals surface area contributed by atoms with Crippen LogP contribution in [-0.4, -0.2) is 36.1 Å². The minimum Gasteiger partial charge on any atom is -0.281 e. The molecule has 1 aromatic heterocycles. The topological polar surface area (TPSA) is 145 Å². The Morgan fingerprint density at radius 3 is 2.00 bits per heavy atom. The Balaban J connectivity index is 3.15. The molecule has 0 aliphatic heterocycles. The molecule has 0 spiro atoms. The SMILES string of the molecule is O=S(=O)(O)c1ccc(N(O)S(=O)(=O)O)cn1. The summed E-state index contributed by atoms with van der Waals surface area (Å²) >= 11 is 0. The Bertz CT molecular complexity index is 576. The standard InChI is InChI=1S/C5H6N2O7S2/c8-7(16(12,13)14)4-1-2-5(6-3-4)15(9,10)11/h1-3,8H,(H,9,10,11)(H,12,13,14). The van der Waals surface area contributed by atoms with Gasteiger partial charge in [0.2, 0.25) is 0 Å². The lowest BCUT2D eigenvalue weighted by Gasteiger charge is -2.11. The maximum atomic E-state index is 10.6. The molecule has 1 rings (SSSR count). The number of nitrogens with zero attached hydrogens (tertiary/aromatic N) is 2. The van der Waals surface area contributed by atoms with Crippen molar-refractivity contribution in [2.45, 2.75) is 5.03 Å². The molecule has 0 aromatic carbocycles. The van der Waals surface area contributed by atoms with E-state index in [1.807, 2.05) is 0 Å². The minimum atomic E-state index is -4.87. The molecular weight excluding hydrogens is 264 g/mol. The van der Waals surface area contributed by atoms with Crippen molar-refractivity contribution in [3.8, 4) is 0 Å². The van der Waals surface area contributed by atoms with Crippen LogP contribution in [0.2, 0.25) is 0 Å². The van der Waals surface area contributed by atoms with Crippen LogP contribution in [-0.2, 0) is 20.4 Å². The van der Waals surface area contributed by atoms with E-state index in [-0.39, 0.29) is 0 Å². The van der Waals surface area contributed by atoms with Crippen molar-refractivity contribution in [1.82, 2.24) is 4.98 Å². The van der Waals surface area contributed by atoms with E-state index in [0.717, 1.165) is 12.1 Å². The molecule has 0 atom stereocenters. The van der Waals surface area contributed by atoms with Gasteiger partial charge in [0.1, 0.15) is 5.69 Å². The first kappa shape index (κ1) is 12.8. The fraction of sp³-hybridized carbons (Fsp3) is 0. The zero-order valence-corrected chi connectivity index (χ0v) is 9.05. The third-order valence-electron chi connectivity index (χ3n) is 1.42. The van der Waals surface area contributed by atoms with Gasteiger partial charge in [-0.05, 0) is 12.1 Å². The molecule has 0 aliphatic carbocycles. The summed E-state index contributed by atoms with van der Waals surface area (Å²) in [5.41, 5.74) is -0.491. The van der Waals surface area contributed by atoms with E-state index in [2.05, 4.69) is 4.98 Å². The third kappa shape index (κ3) is 2.86. The van der Waals surface area contributed by atoms with Gasteiger partial charge in [-0.1, -0.05) is 0 Å². The van der Waals surface area contributed by atoms with Crippen molar-refractivity contribution >= 4 is 26.1 Å². The van der Waals surface area contributed by atoms with E-state index in [0.29, 0.717) is 6.20 Å². The summed E-state index contributed by atoms with van der Waals surface area (Å²) in [5.74, 6) is 0. The van der Waals surface area contributed by atoms with Crippen LogP contribution in [0.15, 0.2) is 23.4 Å². The van der Waals surface area contributed by atoms with Gasteiger partial charge in [-0.15, -0.1) is 4.47 Å². The van der Waals surface area contributed by atoms with Gasteiger partial charge in [0.05, 0.1) is 6.20 Å². The number of anilines is 1. The zero-order valence-electron chi connectivity index (χ0n) is 7.42. The highest BCUT2D eigenvalue weighted by Crippen LogP contribution is 2.15. The van der Waals surface area contributed by atoms with Gasteiger partial charge in [-0.3, -0.25) is 14.3 Å². The predicted molar refractivity (Wildman–Crippen MR) is 49.9 cm³/mol. The molecule has 90 valence electrons. The summed E-state index contributed by atoms with van der Waals surface area (Å²) in [5, 5.41) is 8.17. The molecule has 0 saturated heterocycles. The summed E-state index contributed by atoms with van der Waals surface area (Å²) in [4.78, 5) is 3.17. The average molecular weight is 270 g/mol. The molecular formula is C5H6N2O7S2. The van der Waals surface area contributed by atoms with Crippen LogP contribution in [0.1, 0.15) is 0 Å². The zero-order chi connectivity index (χ0) is 12.6. The van der Waals surface area contributed by atoms with Crippen molar-refractivity contribution < 1.29 is 31.1 Å². The predicted octanol–water partition coefficient (Wildman–Crippen LogP) is -0.673. The lowest BCUT2D eigenvalue weighted by molar-refractivity contribution is 0.296. The molecule has 16 heavy (non-hydrogen) atoms. The first-order valence-electron chi connectivity index (χ1n) is 3.52. The number of hydrogen-bond donors (Lipinski definition) is 3. The van der Waals surface area contributed by atoms with Gasteiger partial charge in [0.15, 0.2) is 5.03 Å². The van der Waals surface area contributed by atoms with Gasteiger partial charge < -0.3 is 0 Å². The lowest BCUT2D eigenvalue weighted by Crippen LogP contribution is -2.26. The molecule has 0 radical (unpaired) electrons. The smallest absolute Gasteiger partial charge is 0.281 e. The molecule has 0 bridgehead atoms. The maximum Gasteiger partial charge on any atom is 0.382 e. The van der Waals surface area contributed by atoms with Crippen LogP contribution < -0.4 is 4.47 Å². The van der Waals surface area contributed by atoms with E-state index in [9.17, 15) is 16.8 Å². The Hall–Kier alpha value is -1.27. The number of rotatable bonds is 3. The summed E-state index contributed by atoms with van der Waals surface area (Å²) < 4.78 is 58.5. The van der Waals surface area contributed by atoms with Gasteiger partial charge in [-0.25, -0.2) is 4.98 Å². The number of aromatic nitrogens is 1. The highest BCUT2D eigenvalue weighted by atomic mass is 32.2. The van der Waals surface area contributed by atoms with Gasteiger partial charge in [0.25, 0.3) is 0 Å². The van der Waals surface area contributed by atoms with Crippen molar-refractivity contribution in [2.75, 3.05) is 4.47 Å². The molecule has 11 heteroatoms. The maximum absolute atomic E-state index is 10.6. The lowest BCUT2D eigenvalue weighted by atomic mass is 10.4. The second-order valence-electron chi connectivity index (χ2n) is 2.55. The fourth-order valence-electron chi connectivity index (χ4n) is 0.771. The van der Waals surface area contributed by atoms with E-state index in [1.165, 1.54) is 0 Å². The molecule has 0 fully saturated rings. The summed E-state index contributed by atoms with van der Waals surface area (Å²) in [6, 6.07) is 1.57. The van der Waals surface area contributed by atoms with Crippen LogP contribution in [0.25, 0.3) is 0 Å². The Labute approximate surface area is 90.6 Å². The molecule has 9 nitrogen and oxygen atoms in total. The fourth-order valence-corrected chi connectivity index (χ4v) is 1.57. The molecule has 1 aromatic rings. The molecule has 0 amide bonds. The van der Waals surface area contributed by atoms with E-state index in [1.54, 1.807) is 0 Å². The average Bonchev–Trinajstić information content (AvgIpc) is 2.14. The van der Waals surface area contributed by atoms with Crippen LogP contribution in [0.3, 0.4) is 0 Å². The van der Waals surface area contributed by atoms with Gasteiger partial charge in [-0.2, -0.15) is 16.8 Å². The molecule has 0 aliphatic rings. The van der Waals surface area contributed by atoms with E-state index >= 15 is 0 Å². The Kier molecular flexibility index (Phi) is 3.16. The Morgan fingerprint density at radius 1 is 1.12 bits per heavy atom. The summed E-state index contributed by atoms with van der Waals surface area (Å²) in [6.45, 7) is 0. The van der Waals surface area contributed by atoms with Crippen LogP contribution >= 0.6 is 0 Å². The highest BCUT2D eigenvalue weighted by Gasteiger charge is 2.18. The molecule has 0 saturated carbocycles. The molecule has 0 unspecified atom stereocenters. The van der Waals surface area contributed by atoms with E-state index < -0.39 is 35.6 Å². The second kappa shape index (κ2) is 3.95. The van der Waals surface area contributed by atoms with Crippen LogP contribution in [0.5, 0.6) is 0 Å². The minimum absolute atomic E-state index is 0.491. The quantitative estimate of drug-likeness (QED) is 0.484. The van der Waals surface area contributed by atoms with Gasteiger partial charge in [0, 0.05) is 0 Å². The van der Waals surface area contributed by atoms with Gasteiger partial charge >= 0.3 is 20.4 Å². The first-order valence-corrected chi connectivity index (χ1v) is 6.36.